The van der Waals surface area contributed by atoms with E-state index in [9.17, 15) is 4.39 Å². The molecule has 8 heteroatoms. The van der Waals surface area contributed by atoms with Crippen molar-refractivity contribution in [1.29, 1.82) is 0 Å². The molecule has 0 saturated carbocycles. The third-order valence-electron chi connectivity index (χ3n) is 3.91. The first-order valence-electron chi connectivity index (χ1n) is 7.58. The smallest absolute Gasteiger partial charge is 0.150 e. The summed E-state index contributed by atoms with van der Waals surface area (Å²) in [6.45, 7) is 0.406. The maximum atomic E-state index is 13.2. The monoisotopic (exact) mass is 357 g/mol. The van der Waals surface area contributed by atoms with Gasteiger partial charge >= 0.3 is 0 Å². The van der Waals surface area contributed by atoms with Gasteiger partial charge in [0.1, 0.15) is 22.9 Å². The first-order valence-corrected chi connectivity index (χ1v) is 7.96. The van der Waals surface area contributed by atoms with Gasteiger partial charge in [-0.3, -0.25) is 4.68 Å². The summed E-state index contributed by atoms with van der Waals surface area (Å²) < 4.78 is 16.7. The number of aliphatic hydroxyl groups excluding tert-OH is 1. The molecule has 4 rings (SSSR count). The zero-order valence-electron chi connectivity index (χ0n) is 13.0. The molecule has 3 aromatic heterocycles. The predicted molar refractivity (Wildman–Crippen MR) is 92.1 cm³/mol. The van der Waals surface area contributed by atoms with E-state index >= 15 is 0 Å². The van der Waals surface area contributed by atoms with Gasteiger partial charge in [0.25, 0.3) is 0 Å². The molecule has 1 aromatic carbocycles. The molecule has 0 bridgehead atoms. The Morgan fingerprint density at radius 1 is 1.12 bits per heavy atom. The van der Waals surface area contributed by atoms with Crippen molar-refractivity contribution in [3.63, 3.8) is 0 Å². The Morgan fingerprint density at radius 3 is 2.68 bits per heavy atom. The van der Waals surface area contributed by atoms with Crippen molar-refractivity contribution in [2.75, 3.05) is 6.61 Å². The van der Waals surface area contributed by atoms with E-state index in [-0.39, 0.29) is 12.4 Å². The standard InChI is InChI=1S/C17H13ClFN5O/c18-16-15-14(11-7-22-23(8-11)5-6-25)9-24(17(15)21-10-20-16)13-3-1-12(19)2-4-13/h1-4,7-10,25H,5-6H2. The Balaban J connectivity index is 1.93. The number of fused-ring (bicyclic) bond motifs is 1. The van der Waals surface area contributed by atoms with E-state index in [0.29, 0.717) is 22.7 Å². The molecule has 126 valence electrons. The molecule has 4 aromatic rings. The number of aliphatic hydroxyl groups is 1. The Hall–Kier alpha value is -2.77. The Labute approximate surface area is 147 Å². The Morgan fingerprint density at radius 2 is 1.92 bits per heavy atom. The highest BCUT2D eigenvalue weighted by atomic mass is 35.5. The van der Waals surface area contributed by atoms with E-state index in [0.717, 1.165) is 16.8 Å². The zero-order chi connectivity index (χ0) is 17.4. The zero-order valence-corrected chi connectivity index (χ0v) is 13.7. The lowest BCUT2D eigenvalue weighted by Crippen LogP contribution is -2.01. The van der Waals surface area contributed by atoms with E-state index in [4.69, 9.17) is 16.7 Å². The van der Waals surface area contributed by atoms with Gasteiger partial charge in [-0.15, -0.1) is 0 Å². The van der Waals surface area contributed by atoms with Crippen LogP contribution < -0.4 is 0 Å². The van der Waals surface area contributed by atoms with E-state index in [2.05, 4.69) is 15.1 Å². The van der Waals surface area contributed by atoms with Gasteiger partial charge in [-0.2, -0.15) is 5.10 Å². The number of aromatic nitrogens is 5. The number of benzene rings is 1. The average molecular weight is 358 g/mol. The first-order chi connectivity index (χ1) is 12.2. The van der Waals surface area contributed by atoms with Crippen LogP contribution in [0.25, 0.3) is 27.8 Å². The van der Waals surface area contributed by atoms with Crippen molar-refractivity contribution >= 4 is 22.6 Å². The highest BCUT2D eigenvalue weighted by Crippen LogP contribution is 2.34. The molecule has 0 radical (unpaired) electrons. The van der Waals surface area contributed by atoms with Gasteiger partial charge in [0.2, 0.25) is 0 Å². The number of rotatable bonds is 4. The van der Waals surface area contributed by atoms with Crippen LogP contribution in [-0.2, 0) is 6.54 Å². The predicted octanol–water partition coefficient (Wildman–Crippen LogP) is 3.07. The lowest BCUT2D eigenvalue weighted by Gasteiger charge is -2.04. The van der Waals surface area contributed by atoms with Crippen LogP contribution in [0.4, 0.5) is 4.39 Å². The molecule has 0 fully saturated rings. The highest BCUT2D eigenvalue weighted by molar-refractivity contribution is 6.35. The molecule has 0 unspecified atom stereocenters. The minimum Gasteiger partial charge on any atom is -0.394 e. The van der Waals surface area contributed by atoms with Crippen LogP contribution in [0.2, 0.25) is 5.15 Å². The lowest BCUT2D eigenvalue weighted by molar-refractivity contribution is 0.269. The largest absolute Gasteiger partial charge is 0.394 e. The summed E-state index contributed by atoms with van der Waals surface area (Å²) in [5.74, 6) is -0.307. The van der Waals surface area contributed by atoms with E-state index < -0.39 is 0 Å². The number of hydrogen-bond donors (Lipinski definition) is 1. The molecule has 0 aliphatic rings. The van der Waals surface area contributed by atoms with E-state index in [1.807, 2.05) is 17.0 Å². The topological polar surface area (TPSA) is 68.8 Å². The number of hydrogen-bond acceptors (Lipinski definition) is 4. The summed E-state index contributed by atoms with van der Waals surface area (Å²) >= 11 is 6.31. The molecular formula is C17H13ClFN5O. The van der Waals surface area contributed by atoms with Gasteiger partial charge in [0, 0.05) is 29.2 Å². The van der Waals surface area contributed by atoms with Gasteiger partial charge < -0.3 is 9.67 Å². The van der Waals surface area contributed by atoms with Crippen molar-refractivity contribution < 1.29 is 9.50 Å². The molecule has 25 heavy (non-hydrogen) atoms. The summed E-state index contributed by atoms with van der Waals surface area (Å²) in [6, 6.07) is 6.12. The summed E-state index contributed by atoms with van der Waals surface area (Å²) in [5.41, 5.74) is 3.02. The molecule has 6 nitrogen and oxygen atoms in total. The Kier molecular flexibility index (Phi) is 3.95. The summed E-state index contributed by atoms with van der Waals surface area (Å²) in [4.78, 5) is 8.41. The van der Waals surface area contributed by atoms with Gasteiger partial charge in [-0.1, -0.05) is 11.6 Å². The molecule has 0 spiro atoms. The van der Waals surface area contributed by atoms with Crippen LogP contribution in [0.5, 0.6) is 0 Å². The molecule has 0 aliphatic heterocycles. The molecule has 0 atom stereocenters. The number of nitrogens with zero attached hydrogens (tertiary/aromatic N) is 5. The van der Waals surface area contributed by atoms with Crippen molar-refractivity contribution in [1.82, 2.24) is 24.3 Å². The lowest BCUT2D eigenvalue weighted by atomic mass is 10.1. The minimum atomic E-state index is -0.307. The summed E-state index contributed by atoms with van der Waals surface area (Å²) in [5, 5.41) is 14.3. The molecule has 0 amide bonds. The number of halogens is 2. The molecule has 0 aliphatic carbocycles. The van der Waals surface area contributed by atoms with Crippen molar-refractivity contribution in [3.05, 3.63) is 60.2 Å². The highest BCUT2D eigenvalue weighted by Gasteiger charge is 2.17. The van der Waals surface area contributed by atoms with Gasteiger partial charge in [0.15, 0.2) is 0 Å². The SMILES string of the molecule is OCCn1cc(-c2cn(-c3ccc(F)cc3)c3ncnc(Cl)c23)cn1. The van der Waals surface area contributed by atoms with E-state index in [1.54, 1.807) is 23.0 Å². The third kappa shape index (κ3) is 2.77. The first kappa shape index (κ1) is 15.7. The molecule has 3 heterocycles. The summed E-state index contributed by atoms with van der Waals surface area (Å²) in [6.07, 6.45) is 6.79. The van der Waals surface area contributed by atoms with Crippen molar-refractivity contribution in [3.8, 4) is 16.8 Å². The summed E-state index contributed by atoms with van der Waals surface area (Å²) in [7, 11) is 0. The normalized spacial score (nSPS) is 11.3. The van der Waals surface area contributed by atoms with Gasteiger partial charge in [0.05, 0.1) is 24.7 Å². The van der Waals surface area contributed by atoms with Crippen LogP contribution in [0, 0.1) is 5.82 Å². The van der Waals surface area contributed by atoms with Crippen molar-refractivity contribution in [2.24, 2.45) is 0 Å². The van der Waals surface area contributed by atoms with Crippen LogP contribution in [0.3, 0.4) is 0 Å². The van der Waals surface area contributed by atoms with Crippen LogP contribution in [0.15, 0.2) is 49.2 Å². The van der Waals surface area contributed by atoms with E-state index in [1.165, 1.54) is 18.5 Å². The maximum absolute atomic E-state index is 13.2. The van der Waals surface area contributed by atoms with Gasteiger partial charge in [-0.25, -0.2) is 14.4 Å². The fourth-order valence-electron chi connectivity index (χ4n) is 2.77. The molecule has 1 N–H and O–H groups in total. The fraction of sp³-hybridized carbons (Fsp3) is 0.118. The second-order valence-electron chi connectivity index (χ2n) is 5.47. The second-order valence-corrected chi connectivity index (χ2v) is 5.83. The second kappa shape index (κ2) is 6.27. The third-order valence-corrected chi connectivity index (χ3v) is 4.20. The maximum Gasteiger partial charge on any atom is 0.150 e. The van der Waals surface area contributed by atoms with Crippen LogP contribution in [-0.4, -0.2) is 36.0 Å². The molecule has 0 saturated heterocycles. The van der Waals surface area contributed by atoms with Crippen LogP contribution >= 0.6 is 11.6 Å². The fourth-order valence-corrected chi connectivity index (χ4v) is 3.00. The van der Waals surface area contributed by atoms with Crippen molar-refractivity contribution in [2.45, 2.75) is 6.54 Å². The van der Waals surface area contributed by atoms with Gasteiger partial charge in [-0.05, 0) is 24.3 Å². The Bertz CT molecular complexity index is 1040. The van der Waals surface area contributed by atoms with Crippen LogP contribution in [0.1, 0.15) is 0 Å². The quantitative estimate of drug-likeness (QED) is 0.570. The molecular weight excluding hydrogens is 345 g/mol. The minimum absolute atomic E-state index is 0.00231. The average Bonchev–Trinajstić information content (AvgIpc) is 3.21.